The van der Waals surface area contributed by atoms with E-state index in [0.717, 1.165) is 35.9 Å². The minimum absolute atomic E-state index is 0.340. The van der Waals surface area contributed by atoms with Crippen LogP contribution in [0, 0.1) is 0 Å². The normalized spacial score (nSPS) is 20.5. The van der Waals surface area contributed by atoms with Crippen LogP contribution in [0.5, 0.6) is 5.88 Å². The molecule has 0 unspecified atom stereocenters. The third-order valence-electron chi connectivity index (χ3n) is 3.91. The zero-order chi connectivity index (χ0) is 13.1. The van der Waals surface area contributed by atoms with Crippen molar-refractivity contribution < 1.29 is 4.74 Å². The number of aromatic nitrogens is 1. The van der Waals surface area contributed by atoms with E-state index in [0.29, 0.717) is 12.1 Å². The zero-order valence-corrected chi connectivity index (χ0v) is 12.0. The third-order valence-corrected chi connectivity index (χ3v) is 4.25. The monoisotopic (exact) mass is 280 g/mol. The number of ether oxygens (including phenoxy) is 1. The molecule has 104 valence electrons. The number of nitrogens with zero attached hydrogens (tertiary/aromatic N) is 1. The van der Waals surface area contributed by atoms with Crippen LogP contribution in [-0.4, -0.2) is 17.1 Å². The number of hydrogen-bond acceptors (Lipinski definition) is 3. The first-order chi connectivity index (χ1) is 9.31. The number of pyridine rings is 1. The van der Waals surface area contributed by atoms with E-state index in [1.165, 1.54) is 32.1 Å². The van der Waals surface area contributed by atoms with Gasteiger partial charge in [0.1, 0.15) is 6.10 Å². The van der Waals surface area contributed by atoms with Gasteiger partial charge in [0, 0.05) is 24.8 Å². The van der Waals surface area contributed by atoms with Crippen molar-refractivity contribution in [2.75, 3.05) is 0 Å². The third kappa shape index (κ3) is 3.83. The van der Waals surface area contributed by atoms with Crippen molar-refractivity contribution in [2.24, 2.45) is 0 Å². The largest absolute Gasteiger partial charge is 0.474 e. The average molecular weight is 281 g/mol. The minimum Gasteiger partial charge on any atom is -0.474 e. The molecule has 1 N–H and O–H groups in total. The Bertz CT molecular complexity index is 428. The van der Waals surface area contributed by atoms with Crippen molar-refractivity contribution in [3.63, 3.8) is 0 Å². The number of hydrogen-bond donors (Lipinski definition) is 1. The van der Waals surface area contributed by atoms with E-state index in [9.17, 15) is 0 Å². The van der Waals surface area contributed by atoms with Crippen molar-refractivity contribution in [1.82, 2.24) is 10.3 Å². The van der Waals surface area contributed by atoms with Gasteiger partial charge in [-0.15, -0.1) is 0 Å². The first-order valence-corrected chi connectivity index (χ1v) is 7.73. The summed E-state index contributed by atoms with van der Waals surface area (Å²) in [6.45, 7) is 0.813. The molecule has 0 amide bonds. The molecule has 19 heavy (non-hydrogen) atoms. The lowest BCUT2D eigenvalue weighted by molar-refractivity contribution is 0.148. The highest BCUT2D eigenvalue weighted by molar-refractivity contribution is 6.31. The quantitative estimate of drug-likeness (QED) is 0.893. The van der Waals surface area contributed by atoms with E-state index in [1.54, 1.807) is 6.20 Å². The Balaban J connectivity index is 1.61. The van der Waals surface area contributed by atoms with Gasteiger partial charge in [0.25, 0.3) is 0 Å². The van der Waals surface area contributed by atoms with Gasteiger partial charge < -0.3 is 10.1 Å². The van der Waals surface area contributed by atoms with Crippen molar-refractivity contribution in [3.8, 4) is 5.88 Å². The van der Waals surface area contributed by atoms with Gasteiger partial charge in [-0.05, 0) is 44.1 Å². The fourth-order valence-electron chi connectivity index (χ4n) is 2.55. The summed E-state index contributed by atoms with van der Waals surface area (Å²) in [5, 5.41) is 4.20. The zero-order valence-electron chi connectivity index (χ0n) is 11.2. The fraction of sp³-hybridized carbons (Fsp3) is 0.667. The molecule has 2 aliphatic carbocycles. The Kier molecular flexibility index (Phi) is 4.24. The highest BCUT2D eigenvalue weighted by atomic mass is 35.5. The molecule has 3 nitrogen and oxygen atoms in total. The summed E-state index contributed by atoms with van der Waals surface area (Å²) in [5.41, 5.74) is 1.09. The van der Waals surface area contributed by atoms with E-state index in [2.05, 4.69) is 10.3 Å². The van der Waals surface area contributed by atoms with Crippen molar-refractivity contribution in [2.45, 2.75) is 63.6 Å². The maximum Gasteiger partial charge on any atom is 0.213 e. The van der Waals surface area contributed by atoms with Crippen LogP contribution in [0.25, 0.3) is 0 Å². The second-order valence-electron chi connectivity index (χ2n) is 5.65. The highest BCUT2D eigenvalue weighted by Gasteiger charge is 2.21. The number of rotatable bonds is 5. The fourth-order valence-corrected chi connectivity index (χ4v) is 2.72. The molecule has 0 saturated heterocycles. The molecule has 2 aliphatic rings. The molecule has 0 aliphatic heterocycles. The maximum atomic E-state index is 6.18. The molecule has 1 aromatic heterocycles. The lowest BCUT2D eigenvalue weighted by Crippen LogP contribution is -2.20. The number of nitrogens with one attached hydrogen (secondary N) is 1. The van der Waals surface area contributed by atoms with Crippen LogP contribution >= 0.6 is 11.6 Å². The molecule has 3 rings (SSSR count). The molecule has 4 heteroatoms. The SMILES string of the molecule is Clc1cnc(OC2CCCCC2)cc1CNC1CC1. The molecular weight excluding hydrogens is 260 g/mol. The second kappa shape index (κ2) is 6.10. The first-order valence-electron chi connectivity index (χ1n) is 7.36. The minimum atomic E-state index is 0.340. The number of halogens is 1. The van der Waals surface area contributed by atoms with Crippen LogP contribution in [0.3, 0.4) is 0 Å². The molecule has 0 atom stereocenters. The van der Waals surface area contributed by atoms with Gasteiger partial charge in [-0.25, -0.2) is 4.98 Å². The van der Waals surface area contributed by atoms with Crippen LogP contribution in [-0.2, 0) is 6.54 Å². The summed E-state index contributed by atoms with van der Waals surface area (Å²) >= 11 is 6.18. The van der Waals surface area contributed by atoms with Gasteiger partial charge in [-0.2, -0.15) is 0 Å². The second-order valence-corrected chi connectivity index (χ2v) is 6.05. The molecule has 0 aromatic carbocycles. The van der Waals surface area contributed by atoms with Crippen molar-refractivity contribution in [3.05, 3.63) is 22.8 Å². The predicted molar refractivity (Wildman–Crippen MR) is 76.6 cm³/mol. The summed E-state index contributed by atoms with van der Waals surface area (Å²) < 4.78 is 5.98. The molecule has 2 fully saturated rings. The van der Waals surface area contributed by atoms with Crippen LogP contribution < -0.4 is 10.1 Å². The molecule has 0 spiro atoms. The van der Waals surface area contributed by atoms with E-state index >= 15 is 0 Å². The smallest absolute Gasteiger partial charge is 0.213 e. The van der Waals surface area contributed by atoms with Crippen LogP contribution in [0.15, 0.2) is 12.3 Å². The Morgan fingerprint density at radius 3 is 2.74 bits per heavy atom. The molecule has 0 radical (unpaired) electrons. The Hall–Kier alpha value is -0.800. The van der Waals surface area contributed by atoms with E-state index in [-0.39, 0.29) is 0 Å². The molecule has 1 heterocycles. The lowest BCUT2D eigenvalue weighted by Gasteiger charge is -2.22. The molecule has 0 bridgehead atoms. The predicted octanol–water partition coefficient (Wildman–Crippen LogP) is 3.70. The maximum absolute atomic E-state index is 6.18. The van der Waals surface area contributed by atoms with E-state index in [4.69, 9.17) is 16.3 Å². The van der Waals surface area contributed by atoms with E-state index < -0.39 is 0 Å². The van der Waals surface area contributed by atoms with Crippen LogP contribution in [0.1, 0.15) is 50.5 Å². The Morgan fingerprint density at radius 1 is 1.21 bits per heavy atom. The topological polar surface area (TPSA) is 34.1 Å². The van der Waals surface area contributed by atoms with Crippen molar-refractivity contribution >= 4 is 11.6 Å². The van der Waals surface area contributed by atoms with Crippen molar-refractivity contribution in [1.29, 1.82) is 0 Å². The van der Waals surface area contributed by atoms with Gasteiger partial charge >= 0.3 is 0 Å². The molecular formula is C15H21ClN2O. The summed E-state index contributed by atoms with van der Waals surface area (Å²) in [7, 11) is 0. The highest BCUT2D eigenvalue weighted by Crippen LogP contribution is 2.26. The Morgan fingerprint density at radius 2 is 2.00 bits per heavy atom. The standard InChI is InChI=1S/C15H21ClN2O/c16-14-10-18-15(19-13-4-2-1-3-5-13)8-11(14)9-17-12-6-7-12/h8,10,12-13,17H,1-7,9H2. The van der Waals surface area contributed by atoms with Gasteiger partial charge in [0.05, 0.1) is 5.02 Å². The van der Waals surface area contributed by atoms with Gasteiger partial charge in [-0.1, -0.05) is 18.0 Å². The lowest BCUT2D eigenvalue weighted by atomic mass is 9.98. The van der Waals surface area contributed by atoms with Crippen LogP contribution in [0.2, 0.25) is 5.02 Å². The summed E-state index contributed by atoms with van der Waals surface area (Å²) in [6, 6.07) is 2.68. The molecule has 1 aromatic rings. The van der Waals surface area contributed by atoms with Gasteiger partial charge in [0.2, 0.25) is 5.88 Å². The summed E-state index contributed by atoms with van der Waals surface area (Å²) in [5.74, 6) is 0.726. The first kappa shape index (κ1) is 13.2. The average Bonchev–Trinajstić information content (AvgIpc) is 3.25. The summed E-state index contributed by atoms with van der Waals surface area (Å²) in [6.07, 6.45) is 10.8. The van der Waals surface area contributed by atoms with Crippen LogP contribution in [0.4, 0.5) is 0 Å². The Labute approximate surface area is 119 Å². The summed E-state index contributed by atoms with van der Waals surface area (Å²) in [4.78, 5) is 4.29. The van der Waals surface area contributed by atoms with E-state index in [1.807, 2.05) is 6.07 Å². The van der Waals surface area contributed by atoms with Gasteiger partial charge in [0.15, 0.2) is 0 Å². The molecule has 2 saturated carbocycles. The van der Waals surface area contributed by atoms with Gasteiger partial charge in [-0.3, -0.25) is 0 Å².